The van der Waals surface area contributed by atoms with Crippen molar-refractivity contribution in [1.82, 2.24) is 24.9 Å². The highest BCUT2D eigenvalue weighted by molar-refractivity contribution is 7.09. The van der Waals surface area contributed by atoms with Gasteiger partial charge in [-0.25, -0.2) is 4.98 Å². The molecule has 0 aromatic carbocycles. The van der Waals surface area contributed by atoms with Gasteiger partial charge in [-0.1, -0.05) is 5.21 Å². The average molecular weight is 291 g/mol. The van der Waals surface area contributed by atoms with E-state index in [1.807, 2.05) is 19.5 Å². The van der Waals surface area contributed by atoms with Gasteiger partial charge < -0.3 is 4.90 Å². The van der Waals surface area contributed by atoms with Crippen LogP contribution < -0.4 is 0 Å². The number of carbonyl (C=O) groups is 1. The summed E-state index contributed by atoms with van der Waals surface area (Å²) in [6, 6.07) is 0. The van der Waals surface area contributed by atoms with Crippen molar-refractivity contribution in [2.24, 2.45) is 13.0 Å². The number of hydrogen-bond donors (Lipinski definition) is 0. The molecule has 3 rings (SSSR count). The first-order valence-electron chi connectivity index (χ1n) is 6.66. The number of thiazole rings is 1. The van der Waals surface area contributed by atoms with Crippen molar-refractivity contribution >= 4 is 17.2 Å². The van der Waals surface area contributed by atoms with Crippen molar-refractivity contribution in [3.8, 4) is 0 Å². The number of nitrogens with zero attached hydrogens (tertiary/aromatic N) is 5. The summed E-state index contributed by atoms with van der Waals surface area (Å²) in [4.78, 5) is 18.5. The fraction of sp³-hybridized carbons (Fsp3) is 0.538. The lowest BCUT2D eigenvalue weighted by Gasteiger charge is -2.25. The Kier molecular flexibility index (Phi) is 3.52. The molecule has 0 fully saturated rings. The summed E-state index contributed by atoms with van der Waals surface area (Å²) >= 11 is 1.58. The highest BCUT2D eigenvalue weighted by Crippen LogP contribution is 2.25. The van der Waals surface area contributed by atoms with Crippen molar-refractivity contribution in [1.29, 1.82) is 0 Å². The number of hydrogen-bond acceptors (Lipinski definition) is 5. The van der Waals surface area contributed by atoms with E-state index >= 15 is 0 Å². The summed E-state index contributed by atoms with van der Waals surface area (Å²) in [6.07, 6.45) is 4.20. The van der Waals surface area contributed by atoms with Gasteiger partial charge in [0.05, 0.1) is 17.9 Å². The maximum Gasteiger partial charge on any atom is 0.226 e. The van der Waals surface area contributed by atoms with Crippen molar-refractivity contribution in [2.45, 2.75) is 25.8 Å². The van der Waals surface area contributed by atoms with Crippen molar-refractivity contribution in [3.05, 3.63) is 28.0 Å². The van der Waals surface area contributed by atoms with E-state index in [0.29, 0.717) is 6.54 Å². The van der Waals surface area contributed by atoms with Crippen molar-refractivity contribution in [3.63, 3.8) is 0 Å². The van der Waals surface area contributed by atoms with Gasteiger partial charge in [0.1, 0.15) is 5.01 Å². The first kappa shape index (κ1) is 13.2. The summed E-state index contributed by atoms with van der Waals surface area (Å²) in [5.41, 5.74) is 2.14. The number of rotatable bonds is 3. The number of carbonyl (C=O) groups excluding carboxylic acids is 1. The van der Waals surface area contributed by atoms with Crippen molar-refractivity contribution in [2.75, 3.05) is 7.05 Å². The van der Waals surface area contributed by atoms with Gasteiger partial charge in [0.2, 0.25) is 5.91 Å². The van der Waals surface area contributed by atoms with Gasteiger partial charge >= 0.3 is 0 Å². The molecular weight excluding hydrogens is 274 g/mol. The van der Waals surface area contributed by atoms with Crippen LogP contribution in [0.1, 0.15) is 22.8 Å². The van der Waals surface area contributed by atoms with Gasteiger partial charge in [0, 0.05) is 38.0 Å². The Bertz CT molecular complexity index is 606. The predicted octanol–water partition coefficient (Wildman–Crippen LogP) is 1.04. The minimum atomic E-state index is 0.0321. The van der Waals surface area contributed by atoms with Crippen LogP contribution in [0, 0.1) is 5.92 Å². The van der Waals surface area contributed by atoms with E-state index in [-0.39, 0.29) is 11.8 Å². The largest absolute Gasteiger partial charge is 0.339 e. The van der Waals surface area contributed by atoms with Crippen LogP contribution in [0.5, 0.6) is 0 Å². The third kappa shape index (κ3) is 2.45. The Labute approximate surface area is 121 Å². The molecule has 0 N–H and O–H groups in total. The number of aryl methyl sites for hydroxylation is 2. The summed E-state index contributed by atoms with van der Waals surface area (Å²) in [5, 5.41) is 11.1. The van der Waals surface area contributed by atoms with E-state index < -0.39 is 0 Å². The molecule has 20 heavy (non-hydrogen) atoms. The Balaban J connectivity index is 1.68. The lowest BCUT2D eigenvalue weighted by molar-refractivity contribution is -0.135. The summed E-state index contributed by atoms with van der Waals surface area (Å²) in [6.45, 7) is 0.587. The molecule has 106 valence electrons. The van der Waals surface area contributed by atoms with E-state index in [1.165, 1.54) is 0 Å². The zero-order valence-corrected chi connectivity index (χ0v) is 12.4. The van der Waals surface area contributed by atoms with E-state index in [0.717, 1.165) is 35.7 Å². The second-order valence-electron chi connectivity index (χ2n) is 5.17. The molecule has 7 heteroatoms. The normalized spacial score (nSPS) is 17.8. The molecule has 1 aliphatic carbocycles. The number of fused-ring (bicyclic) bond motifs is 1. The molecule has 2 aromatic rings. The van der Waals surface area contributed by atoms with Gasteiger partial charge in [-0.05, 0) is 12.8 Å². The summed E-state index contributed by atoms with van der Waals surface area (Å²) in [7, 11) is 3.73. The monoisotopic (exact) mass is 291 g/mol. The highest BCUT2D eigenvalue weighted by atomic mass is 32.1. The standard InChI is InChI=1S/C13H17N5OS/c1-17(8-12-14-5-6-20-12)13(19)9-3-4-10-11(7-9)18(2)16-15-10/h5-6,9H,3-4,7-8H2,1-2H3. The second-order valence-corrected chi connectivity index (χ2v) is 6.15. The van der Waals surface area contributed by atoms with Gasteiger partial charge in [0.25, 0.3) is 0 Å². The van der Waals surface area contributed by atoms with E-state index in [2.05, 4.69) is 15.3 Å². The van der Waals surface area contributed by atoms with Gasteiger partial charge in [-0.3, -0.25) is 9.48 Å². The Morgan fingerprint density at radius 3 is 3.20 bits per heavy atom. The lowest BCUT2D eigenvalue weighted by Crippen LogP contribution is -2.35. The second kappa shape index (κ2) is 5.32. The molecule has 1 unspecified atom stereocenters. The number of amides is 1. The third-order valence-corrected chi connectivity index (χ3v) is 4.54. The van der Waals surface area contributed by atoms with Crippen LogP contribution in [0.4, 0.5) is 0 Å². The number of aromatic nitrogens is 4. The highest BCUT2D eigenvalue weighted by Gasteiger charge is 2.29. The smallest absolute Gasteiger partial charge is 0.226 e. The maximum atomic E-state index is 12.5. The molecule has 6 nitrogen and oxygen atoms in total. The first-order chi connectivity index (χ1) is 9.65. The molecular formula is C13H17N5OS. The molecule has 0 bridgehead atoms. The first-order valence-corrected chi connectivity index (χ1v) is 7.54. The van der Waals surface area contributed by atoms with E-state index in [1.54, 1.807) is 27.1 Å². The topological polar surface area (TPSA) is 63.9 Å². The molecule has 0 aliphatic heterocycles. The van der Waals surface area contributed by atoms with E-state index in [4.69, 9.17) is 0 Å². The fourth-order valence-corrected chi connectivity index (χ4v) is 3.31. The minimum absolute atomic E-state index is 0.0321. The molecule has 1 amide bonds. The van der Waals surface area contributed by atoms with E-state index in [9.17, 15) is 4.79 Å². The van der Waals surface area contributed by atoms with Crippen LogP contribution >= 0.6 is 11.3 Å². The molecule has 0 saturated heterocycles. The Hall–Kier alpha value is -1.76. The third-order valence-electron chi connectivity index (χ3n) is 3.77. The van der Waals surface area contributed by atoms with Crippen LogP contribution in [-0.4, -0.2) is 37.8 Å². The van der Waals surface area contributed by atoms with Gasteiger partial charge in [0.15, 0.2) is 0 Å². The van der Waals surface area contributed by atoms with Crippen molar-refractivity contribution < 1.29 is 4.79 Å². The summed E-state index contributed by atoms with van der Waals surface area (Å²) < 4.78 is 1.79. The van der Waals surface area contributed by atoms with Crippen LogP contribution in [-0.2, 0) is 31.2 Å². The van der Waals surface area contributed by atoms with Gasteiger partial charge in [-0.2, -0.15) is 0 Å². The fourth-order valence-electron chi connectivity index (χ4n) is 2.64. The zero-order chi connectivity index (χ0) is 14.1. The molecule has 1 aliphatic rings. The molecule has 0 spiro atoms. The Morgan fingerprint density at radius 2 is 2.45 bits per heavy atom. The molecule has 2 aromatic heterocycles. The summed E-state index contributed by atoms with van der Waals surface area (Å²) in [5.74, 6) is 0.219. The maximum absolute atomic E-state index is 12.5. The van der Waals surface area contributed by atoms with Gasteiger partial charge in [-0.15, -0.1) is 16.4 Å². The predicted molar refractivity (Wildman–Crippen MR) is 75.1 cm³/mol. The van der Waals surface area contributed by atoms with Crippen LogP contribution in [0.2, 0.25) is 0 Å². The van der Waals surface area contributed by atoms with Crippen LogP contribution in [0.3, 0.4) is 0 Å². The zero-order valence-electron chi connectivity index (χ0n) is 11.6. The molecule has 2 heterocycles. The molecule has 1 atom stereocenters. The average Bonchev–Trinajstić information content (AvgIpc) is 3.08. The molecule has 0 radical (unpaired) electrons. The minimum Gasteiger partial charge on any atom is -0.339 e. The SMILES string of the molecule is CN(Cc1nccs1)C(=O)C1CCc2nnn(C)c2C1. The Morgan fingerprint density at radius 1 is 1.60 bits per heavy atom. The van der Waals surface area contributed by atoms with Crippen LogP contribution in [0.25, 0.3) is 0 Å². The molecule has 0 saturated carbocycles. The lowest BCUT2D eigenvalue weighted by atomic mass is 9.88. The van der Waals surface area contributed by atoms with Crippen LogP contribution in [0.15, 0.2) is 11.6 Å². The quantitative estimate of drug-likeness (QED) is 0.847.